The molecule has 2 unspecified atom stereocenters. The maximum absolute atomic E-state index is 9.56. The number of hydrogen-bond donors (Lipinski definition) is 4. The van der Waals surface area contributed by atoms with E-state index in [0.717, 1.165) is 13.1 Å². The fraction of sp³-hybridized carbons (Fsp3) is 1.00. The SMILES string of the molecule is CC(O)CNCCOCCOCCNCC(O)C(C)C. The fourth-order valence-corrected chi connectivity index (χ4v) is 1.41. The van der Waals surface area contributed by atoms with Gasteiger partial charge in [0.1, 0.15) is 0 Å². The van der Waals surface area contributed by atoms with Crippen LogP contribution >= 0.6 is 0 Å². The van der Waals surface area contributed by atoms with Crippen molar-refractivity contribution in [2.45, 2.75) is 33.0 Å². The smallest absolute Gasteiger partial charge is 0.0701 e. The number of hydrogen-bond acceptors (Lipinski definition) is 6. The van der Waals surface area contributed by atoms with Crippen molar-refractivity contribution in [3.63, 3.8) is 0 Å². The van der Waals surface area contributed by atoms with Crippen LogP contribution in [0.15, 0.2) is 0 Å². The van der Waals surface area contributed by atoms with Crippen LogP contribution in [-0.2, 0) is 9.47 Å². The summed E-state index contributed by atoms with van der Waals surface area (Å²) in [6.07, 6.45) is -0.618. The molecular formula is C14H32N2O4. The van der Waals surface area contributed by atoms with Gasteiger partial charge in [0.25, 0.3) is 0 Å². The molecule has 0 radical (unpaired) electrons. The fourth-order valence-electron chi connectivity index (χ4n) is 1.41. The number of rotatable bonds is 14. The van der Waals surface area contributed by atoms with E-state index in [9.17, 15) is 5.11 Å². The Morgan fingerprint density at radius 2 is 1.30 bits per heavy atom. The molecule has 0 saturated carbocycles. The first-order valence-corrected chi connectivity index (χ1v) is 7.47. The molecule has 20 heavy (non-hydrogen) atoms. The van der Waals surface area contributed by atoms with Crippen LogP contribution in [0.1, 0.15) is 20.8 Å². The zero-order valence-electron chi connectivity index (χ0n) is 13.1. The molecule has 0 bridgehead atoms. The van der Waals surface area contributed by atoms with Crippen molar-refractivity contribution in [1.82, 2.24) is 10.6 Å². The van der Waals surface area contributed by atoms with Crippen LogP contribution in [0.4, 0.5) is 0 Å². The van der Waals surface area contributed by atoms with Gasteiger partial charge in [0.2, 0.25) is 0 Å². The lowest BCUT2D eigenvalue weighted by atomic mass is 10.1. The van der Waals surface area contributed by atoms with Crippen LogP contribution in [-0.4, -0.2) is 75.0 Å². The molecule has 0 aromatic rings. The highest BCUT2D eigenvalue weighted by Gasteiger charge is 2.07. The standard InChI is InChI=1S/C14H32N2O4/c1-12(2)14(18)11-16-5-7-20-9-8-19-6-4-15-10-13(3)17/h12-18H,4-11H2,1-3H3. The van der Waals surface area contributed by atoms with Crippen LogP contribution in [0.5, 0.6) is 0 Å². The Bertz CT molecular complexity index is 204. The van der Waals surface area contributed by atoms with Gasteiger partial charge in [0.05, 0.1) is 38.6 Å². The first-order chi connectivity index (χ1) is 9.54. The Kier molecular flexibility index (Phi) is 13.6. The average molecular weight is 292 g/mol. The summed E-state index contributed by atoms with van der Waals surface area (Å²) in [5.41, 5.74) is 0. The minimum atomic E-state index is -0.319. The third-order valence-corrected chi connectivity index (χ3v) is 2.78. The molecule has 0 saturated heterocycles. The molecule has 0 rings (SSSR count). The number of aliphatic hydroxyl groups is 2. The zero-order chi connectivity index (χ0) is 15.2. The van der Waals surface area contributed by atoms with Crippen LogP contribution < -0.4 is 10.6 Å². The molecule has 0 aliphatic carbocycles. The molecular weight excluding hydrogens is 260 g/mol. The van der Waals surface area contributed by atoms with Crippen molar-refractivity contribution in [2.75, 3.05) is 52.6 Å². The van der Waals surface area contributed by atoms with E-state index in [1.165, 1.54) is 0 Å². The van der Waals surface area contributed by atoms with E-state index in [2.05, 4.69) is 10.6 Å². The van der Waals surface area contributed by atoms with Crippen LogP contribution in [0.25, 0.3) is 0 Å². The Hall–Kier alpha value is -0.240. The highest BCUT2D eigenvalue weighted by Crippen LogP contribution is 1.98. The summed E-state index contributed by atoms with van der Waals surface area (Å²) in [6.45, 7) is 10.8. The van der Waals surface area contributed by atoms with E-state index in [-0.39, 0.29) is 18.1 Å². The summed E-state index contributed by atoms with van der Waals surface area (Å²) < 4.78 is 10.8. The third-order valence-electron chi connectivity index (χ3n) is 2.78. The molecule has 6 nitrogen and oxygen atoms in total. The van der Waals surface area contributed by atoms with Crippen LogP contribution in [0, 0.1) is 5.92 Å². The number of aliphatic hydroxyl groups excluding tert-OH is 2. The van der Waals surface area contributed by atoms with E-state index in [1.807, 2.05) is 13.8 Å². The summed E-state index contributed by atoms with van der Waals surface area (Å²) >= 11 is 0. The van der Waals surface area contributed by atoms with Crippen LogP contribution in [0.2, 0.25) is 0 Å². The Balaban J connectivity index is 3.06. The highest BCUT2D eigenvalue weighted by molar-refractivity contribution is 4.62. The first kappa shape index (κ1) is 19.8. The second-order valence-corrected chi connectivity index (χ2v) is 5.29. The Labute approximate surface area is 122 Å². The average Bonchev–Trinajstić information content (AvgIpc) is 2.39. The minimum Gasteiger partial charge on any atom is -0.392 e. The topological polar surface area (TPSA) is 83.0 Å². The van der Waals surface area contributed by atoms with Gasteiger partial charge in [-0.1, -0.05) is 13.8 Å². The summed E-state index contributed by atoms with van der Waals surface area (Å²) in [5.74, 6) is 0.277. The van der Waals surface area contributed by atoms with Gasteiger partial charge < -0.3 is 30.3 Å². The van der Waals surface area contributed by atoms with Crippen LogP contribution in [0.3, 0.4) is 0 Å². The molecule has 4 N–H and O–H groups in total. The molecule has 0 heterocycles. The van der Waals surface area contributed by atoms with Gasteiger partial charge in [-0.25, -0.2) is 0 Å². The molecule has 0 aliphatic heterocycles. The van der Waals surface area contributed by atoms with E-state index < -0.39 is 0 Å². The van der Waals surface area contributed by atoms with E-state index >= 15 is 0 Å². The number of ether oxygens (including phenoxy) is 2. The van der Waals surface area contributed by atoms with Crippen molar-refractivity contribution in [2.24, 2.45) is 5.92 Å². The lowest BCUT2D eigenvalue weighted by molar-refractivity contribution is 0.0475. The van der Waals surface area contributed by atoms with Crippen molar-refractivity contribution in [3.05, 3.63) is 0 Å². The van der Waals surface area contributed by atoms with Gasteiger partial charge in [0.15, 0.2) is 0 Å². The maximum atomic E-state index is 9.56. The zero-order valence-corrected chi connectivity index (χ0v) is 13.1. The quantitative estimate of drug-likeness (QED) is 0.326. The van der Waals surface area contributed by atoms with E-state index in [4.69, 9.17) is 14.6 Å². The summed E-state index contributed by atoms with van der Waals surface area (Å²) in [6, 6.07) is 0. The Morgan fingerprint density at radius 3 is 1.75 bits per heavy atom. The molecule has 122 valence electrons. The first-order valence-electron chi connectivity index (χ1n) is 7.47. The summed E-state index contributed by atoms with van der Waals surface area (Å²) in [4.78, 5) is 0. The molecule has 0 aromatic heterocycles. The van der Waals surface area contributed by atoms with Crippen molar-refractivity contribution >= 4 is 0 Å². The Morgan fingerprint density at radius 1 is 0.800 bits per heavy atom. The van der Waals surface area contributed by atoms with Crippen molar-refractivity contribution in [1.29, 1.82) is 0 Å². The van der Waals surface area contributed by atoms with Gasteiger partial charge in [-0.2, -0.15) is 0 Å². The predicted molar refractivity (Wildman–Crippen MR) is 79.9 cm³/mol. The van der Waals surface area contributed by atoms with E-state index in [1.54, 1.807) is 6.92 Å². The summed E-state index contributed by atoms with van der Waals surface area (Å²) in [5, 5.41) is 24.8. The minimum absolute atomic E-state index is 0.277. The third kappa shape index (κ3) is 14.2. The monoisotopic (exact) mass is 292 g/mol. The highest BCUT2D eigenvalue weighted by atomic mass is 16.5. The lowest BCUT2D eigenvalue weighted by Gasteiger charge is -2.15. The molecule has 6 heteroatoms. The lowest BCUT2D eigenvalue weighted by Crippen LogP contribution is -2.32. The van der Waals surface area contributed by atoms with Gasteiger partial charge >= 0.3 is 0 Å². The largest absolute Gasteiger partial charge is 0.392 e. The van der Waals surface area contributed by atoms with E-state index in [0.29, 0.717) is 39.5 Å². The summed E-state index contributed by atoms with van der Waals surface area (Å²) in [7, 11) is 0. The molecule has 2 atom stereocenters. The molecule has 0 amide bonds. The van der Waals surface area contributed by atoms with Crippen molar-refractivity contribution in [3.8, 4) is 0 Å². The molecule has 0 spiro atoms. The van der Waals surface area contributed by atoms with Gasteiger partial charge in [-0.15, -0.1) is 0 Å². The van der Waals surface area contributed by atoms with Gasteiger partial charge in [0, 0.05) is 26.2 Å². The molecule has 0 aromatic carbocycles. The molecule has 0 aliphatic rings. The maximum Gasteiger partial charge on any atom is 0.0701 e. The molecule has 0 fully saturated rings. The normalized spacial score (nSPS) is 14.7. The van der Waals surface area contributed by atoms with Gasteiger partial charge in [-0.3, -0.25) is 0 Å². The second-order valence-electron chi connectivity index (χ2n) is 5.29. The predicted octanol–water partition coefficient (Wildman–Crippen LogP) is -0.403. The second kappa shape index (κ2) is 13.7. The van der Waals surface area contributed by atoms with Crippen molar-refractivity contribution < 1.29 is 19.7 Å². The van der Waals surface area contributed by atoms with Gasteiger partial charge in [-0.05, 0) is 12.8 Å². The number of nitrogens with one attached hydrogen (secondary N) is 2.